The van der Waals surface area contributed by atoms with E-state index in [-0.39, 0.29) is 24.2 Å². The van der Waals surface area contributed by atoms with E-state index in [9.17, 15) is 14.9 Å². The maximum atomic E-state index is 12.7. The van der Waals surface area contributed by atoms with Gasteiger partial charge in [-0.25, -0.2) is 0 Å². The van der Waals surface area contributed by atoms with Gasteiger partial charge in [0.25, 0.3) is 0 Å². The number of carbonyl (C=O) groups excluding carboxylic acids is 2. The zero-order chi connectivity index (χ0) is 20.1. The molecule has 2 heterocycles. The lowest BCUT2D eigenvalue weighted by molar-refractivity contribution is -0.139. The molecule has 1 atom stereocenters. The Morgan fingerprint density at radius 3 is 2.78 bits per heavy atom. The predicted molar refractivity (Wildman–Crippen MR) is 104 cm³/mol. The molecule has 0 aliphatic carbocycles. The lowest BCUT2D eigenvalue weighted by Gasteiger charge is -2.16. The minimum Gasteiger partial charge on any atom is -0.465 e. The number of rotatable bonds is 7. The summed E-state index contributed by atoms with van der Waals surface area (Å²) in [5.41, 5.74) is 7.15. The molecule has 2 aromatic heterocycles. The number of anilines is 2. The van der Waals surface area contributed by atoms with Gasteiger partial charge < -0.3 is 15.8 Å². The average molecular weight is 409 g/mol. The lowest BCUT2D eigenvalue weighted by atomic mass is 10.2. The highest BCUT2D eigenvalue weighted by molar-refractivity contribution is 7.99. The van der Waals surface area contributed by atoms with Gasteiger partial charge in [-0.3, -0.25) is 14.2 Å². The summed E-state index contributed by atoms with van der Waals surface area (Å²) in [4.78, 5) is 25.2. The Bertz CT molecular complexity index is 899. The van der Waals surface area contributed by atoms with Crippen molar-refractivity contribution in [2.45, 2.75) is 38.9 Å². The zero-order valence-electron chi connectivity index (χ0n) is 15.4. The number of carbonyl (C=O) groups is 2. The molecular weight excluding hydrogens is 388 g/mol. The van der Waals surface area contributed by atoms with Crippen LogP contribution in [0.4, 0.5) is 10.9 Å². The van der Waals surface area contributed by atoms with Crippen LogP contribution in [0.15, 0.2) is 5.16 Å². The highest BCUT2D eigenvalue weighted by Crippen LogP contribution is 2.32. The molecule has 0 saturated carbocycles. The number of esters is 1. The Labute approximate surface area is 164 Å². The molecule has 1 amide bonds. The fraction of sp³-hybridized carbons (Fsp3) is 0.438. The molecule has 9 nitrogen and oxygen atoms in total. The van der Waals surface area contributed by atoms with Crippen LogP contribution in [-0.4, -0.2) is 39.0 Å². The molecule has 11 heteroatoms. The largest absolute Gasteiger partial charge is 0.465 e. The Kier molecular flexibility index (Phi) is 6.81. The first-order valence-corrected chi connectivity index (χ1v) is 9.90. The monoisotopic (exact) mass is 408 g/mol. The van der Waals surface area contributed by atoms with Crippen molar-refractivity contribution in [2.75, 3.05) is 23.4 Å². The second-order valence-electron chi connectivity index (χ2n) is 5.57. The Balaban J connectivity index is 2.18. The minimum atomic E-state index is -0.737. The number of aromatic nitrogens is 3. The first-order chi connectivity index (χ1) is 12.8. The summed E-state index contributed by atoms with van der Waals surface area (Å²) in [6.45, 7) is 7.38. The SMILES string of the molecule is CCOC(=O)CSc1nnc(N)n1C(C)C(=O)Nc1sc(C)c(C)c1C#N. The van der Waals surface area contributed by atoms with Crippen LogP contribution in [0.25, 0.3) is 0 Å². The molecule has 3 N–H and O–H groups in total. The quantitative estimate of drug-likeness (QED) is 0.526. The van der Waals surface area contributed by atoms with Gasteiger partial charge in [-0.15, -0.1) is 21.5 Å². The molecule has 0 fully saturated rings. The first-order valence-electron chi connectivity index (χ1n) is 8.09. The van der Waals surface area contributed by atoms with Crippen molar-refractivity contribution >= 4 is 45.9 Å². The van der Waals surface area contributed by atoms with Gasteiger partial charge in [-0.1, -0.05) is 11.8 Å². The van der Waals surface area contributed by atoms with Crippen LogP contribution in [0, 0.1) is 25.2 Å². The fourth-order valence-corrected chi connectivity index (χ4v) is 4.09. The van der Waals surface area contributed by atoms with Crippen LogP contribution in [0.1, 0.15) is 35.9 Å². The zero-order valence-corrected chi connectivity index (χ0v) is 17.0. The van der Waals surface area contributed by atoms with Crippen molar-refractivity contribution < 1.29 is 14.3 Å². The molecule has 1 unspecified atom stereocenters. The second kappa shape index (κ2) is 8.88. The van der Waals surface area contributed by atoms with Gasteiger partial charge in [0.2, 0.25) is 11.9 Å². The number of nitrogen functional groups attached to an aromatic ring is 1. The van der Waals surface area contributed by atoms with E-state index in [1.54, 1.807) is 13.8 Å². The van der Waals surface area contributed by atoms with Gasteiger partial charge >= 0.3 is 5.97 Å². The van der Waals surface area contributed by atoms with Crippen LogP contribution in [0.5, 0.6) is 0 Å². The van der Waals surface area contributed by atoms with Crippen LogP contribution in [0.2, 0.25) is 0 Å². The number of amides is 1. The summed E-state index contributed by atoms with van der Waals surface area (Å²) in [5, 5.41) is 20.6. The molecule has 0 aliphatic heterocycles. The predicted octanol–water partition coefficient (Wildman–Crippen LogP) is 2.27. The summed E-state index contributed by atoms with van der Waals surface area (Å²) < 4.78 is 6.32. The fourth-order valence-electron chi connectivity index (χ4n) is 2.26. The number of aryl methyl sites for hydroxylation is 1. The van der Waals surface area contributed by atoms with Gasteiger partial charge in [-0.2, -0.15) is 5.26 Å². The van der Waals surface area contributed by atoms with Gasteiger partial charge in [-0.05, 0) is 33.3 Å². The number of thiophene rings is 1. The number of nitrogens with zero attached hydrogens (tertiary/aromatic N) is 4. The van der Waals surface area contributed by atoms with E-state index in [2.05, 4.69) is 21.6 Å². The molecule has 0 aromatic carbocycles. The minimum absolute atomic E-state index is 0.0300. The van der Waals surface area contributed by atoms with E-state index < -0.39 is 12.0 Å². The Morgan fingerprint density at radius 2 is 2.15 bits per heavy atom. The average Bonchev–Trinajstić information content (AvgIpc) is 3.12. The molecule has 27 heavy (non-hydrogen) atoms. The molecular formula is C16H20N6O3S2. The topological polar surface area (TPSA) is 136 Å². The van der Waals surface area contributed by atoms with Crippen LogP contribution in [-0.2, 0) is 14.3 Å². The van der Waals surface area contributed by atoms with Crippen LogP contribution < -0.4 is 11.1 Å². The number of nitrogens with two attached hydrogens (primary N) is 1. The number of ether oxygens (including phenoxy) is 1. The normalized spacial score (nSPS) is 11.7. The molecule has 0 bridgehead atoms. The van der Waals surface area contributed by atoms with E-state index in [0.29, 0.717) is 15.7 Å². The van der Waals surface area contributed by atoms with E-state index in [4.69, 9.17) is 10.5 Å². The third-order valence-electron chi connectivity index (χ3n) is 3.82. The second-order valence-corrected chi connectivity index (χ2v) is 7.74. The van der Waals surface area contributed by atoms with Crippen molar-refractivity contribution in [3.8, 4) is 6.07 Å². The third kappa shape index (κ3) is 4.58. The van der Waals surface area contributed by atoms with Crippen molar-refractivity contribution in [1.29, 1.82) is 5.26 Å². The number of hydrogen-bond acceptors (Lipinski definition) is 9. The standard InChI is InChI=1S/C16H20N6O3S2/c1-5-25-12(23)7-26-16-21-20-15(18)22(16)9(3)13(24)19-14-11(6-17)8(2)10(4)27-14/h9H,5,7H2,1-4H3,(H2,18,20)(H,19,24). The smallest absolute Gasteiger partial charge is 0.316 e. The molecule has 0 saturated heterocycles. The summed E-state index contributed by atoms with van der Waals surface area (Å²) in [6, 6.07) is 1.38. The summed E-state index contributed by atoms with van der Waals surface area (Å²) in [5.74, 6) is -0.668. The molecule has 2 aromatic rings. The van der Waals surface area contributed by atoms with Crippen molar-refractivity contribution in [3.63, 3.8) is 0 Å². The summed E-state index contributed by atoms with van der Waals surface area (Å²) in [7, 11) is 0. The highest BCUT2D eigenvalue weighted by Gasteiger charge is 2.24. The lowest BCUT2D eigenvalue weighted by Crippen LogP contribution is -2.25. The van der Waals surface area contributed by atoms with Gasteiger partial charge in [0.1, 0.15) is 17.1 Å². The Morgan fingerprint density at radius 1 is 1.44 bits per heavy atom. The summed E-state index contributed by atoms with van der Waals surface area (Å²) >= 11 is 2.43. The van der Waals surface area contributed by atoms with Gasteiger partial charge in [0.05, 0.1) is 17.9 Å². The van der Waals surface area contributed by atoms with Crippen molar-refractivity contribution in [3.05, 3.63) is 16.0 Å². The first kappa shape index (κ1) is 20.7. The molecule has 2 rings (SSSR count). The van der Waals surface area contributed by atoms with Crippen LogP contribution >= 0.6 is 23.1 Å². The Hall–Kier alpha value is -2.58. The van der Waals surface area contributed by atoms with E-state index in [1.807, 2.05) is 13.8 Å². The maximum absolute atomic E-state index is 12.7. The number of hydrogen-bond donors (Lipinski definition) is 2. The van der Waals surface area contributed by atoms with Crippen molar-refractivity contribution in [1.82, 2.24) is 14.8 Å². The van der Waals surface area contributed by atoms with E-state index >= 15 is 0 Å². The molecule has 0 aliphatic rings. The highest BCUT2D eigenvalue weighted by atomic mass is 32.2. The molecule has 144 valence electrons. The molecule has 0 spiro atoms. The maximum Gasteiger partial charge on any atom is 0.316 e. The van der Waals surface area contributed by atoms with E-state index in [1.165, 1.54) is 15.9 Å². The van der Waals surface area contributed by atoms with Crippen LogP contribution in [0.3, 0.4) is 0 Å². The third-order valence-corrected chi connectivity index (χ3v) is 5.86. The van der Waals surface area contributed by atoms with Crippen molar-refractivity contribution in [2.24, 2.45) is 0 Å². The number of nitrogens with one attached hydrogen (secondary N) is 1. The molecule has 0 radical (unpaired) electrons. The number of nitriles is 1. The van der Waals surface area contributed by atoms with Gasteiger partial charge in [0.15, 0.2) is 5.16 Å². The van der Waals surface area contributed by atoms with Gasteiger partial charge in [0, 0.05) is 4.88 Å². The number of thioether (sulfide) groups is 1. The summed E-state index contributed by atoms with van der Waals surface area (Å²) in [6.07, 6.45) is 0. The van der Waals surface area contributed by atoms with E-state index in [0.717, 1.165) is 22.2 Å².